The number of carbonyl (C=O) groups is 1. The highest BCUT2D eigenvalue weighted by molar-refractivity contribution is 6.31. The second-order valence-electron chi connectivity index (χ2n) is 5.62. The van der Waals surface area contributed by atoms with Crippen molar-refractivity contribution in [1.82, 2.24) is 10.3 Å². The molecule has 0 unspecified atom stereocenters. The molecule has 3 N–H and O–H groups in total. The molecular formula is C15H17ClN2O2. The number of aliphatic hydroxyl groups is 1. The highest BCUT2D eigenvalue weighted by Crippen LogP contribution is 2.44. The predicted octanol–water partition coefficient (Wildman–Crippen LogP) is 2.25. The molecule has 0 atom stereocenters. The number of nitrogens with one attached hydrogen (secondary N) is 2. The molecule has 1 amide bonds. The summed E-state index contributed by atoms with van der Waals surface area (Å²) < 4.78 is 0. The summed E-state index contributed by atoms with van der Waals surface area (Å²) in [5.74, 6) is -0.0134. The van der Waals surface area contributed by atoms with Gasteiger partial charge in [-0.05, 0) is 30.5 Å². The molecular weight excluding hydrogens is 276 g/mol. The van der Waals surface area contributed by atoms with Crippen LogP contribution in [0.15, 0.2) is 24.4 Å². The standard InChI is InChI=1S/C15H17ClN2O2/c16-11-1-2-12-10(7-17-13(12)6-11)5-14(20)18-8-15(9-19)3-4-15/h1-2,6-7,17,19H,3-5,8-9H2,(H,18,20). The van der Waals surface area contributed by atoms with Crippen LogP contribution < -0.4 is 5.32 Å². The van der Waals surface area contributed by atoms with Gasteiger partial charge in [-0.2, -0.15) is 0 Å². The zero-order chi connectivity index (χ0) is 14.2. The van der Waals surface area contributed by atoms with E-state index < -0.39 is 0 Å². The van der Waals surface area contributed by atoms with Crippen LogP contribution in [0.1, 0.15) is 18.4 Å². The summed E-state index contributed by atoms with van der Waals surface area (Å²) in [6.07, 6.45) is 4.17. The lowest BCUT2D eigenvalue weighted by Gasteiger charge is -2.12. The van der Waals surface area contributed by atoms with Gasteiger partial charge in [-0.1, -0.05) is 17.7 Å². The Bertz CT molecular complexity index is 646. The minimum atomic E-state index is -0.0522. The van der Waals surface area contributed by atoms with Crippen LogP contribution in [-0.2, 0) is 11.2 Å². The molecule has 1 aliphatic carbocycles. The van der Waals surface area contributed by atoms with E-state index in [1.165, 1.54) is 0 Å². The second-order valence-corrected chi connectivity index (χ2v) is 6.05. The molecule has 0 radical (unpaired) electrons. The Hall–Kier alpha value is -1.52. The number of fused-ring (bicyclic) bond motifs is 1. The monoisotopic (exact) mass is 292 g/mol. The summed E-state index contributed by atoms with van der Waals surface area (Å²) in [5, 5.41) is 13.8. The number of H-pyrrole nitrogens is 1. The fourth-order valence-corrected chi connectivity index (χ4v) is 2.57. The van der Waals surface area contributed by atoms with Crippen molar-refractivity contribution in [1.29, 1.82) is 0 Å². The minimum absolute atomic E-state index is 0.0134. The van der Waals surface area contributed by atoms with E-state index in [4.69, 9.17) is 11.6 Å². The van der Waals surface area contributed by atoms with Gasteiger partial charge in [0.15, 0.2) is 0 Å². The fraction of sp³-hybridized carbons (Fsp3) is 0.400. The van der Waals surface area contributed by atoms with Crippen molar-refractivity contribution in [3.8, 4) is 0 Å². The number of carbonyl (C=O) groups excluding carboxylic acids is 1. The van der Waals surface area contributed by atoms with Gasteiger partial charge >= 0.3 is 0 Å². The van der Waals surface area contributed by atoms with Gasteiger partial charge in [-0.3, -0.25) is 4.79 Å². The van der Waals surface area contributed by atoms with E-state index in [0.717, 1.165) is 29.3 Å². The topological polar surface area (TPSA) is 65.1 Å². The van der Waals surface area contributed by atoms with Crippen LogP contribution in [0.5, 0.6) is 0 Å². The van der Waals surface area contributed by atoms with Gasteiger partial charge in [0.2, 0.25) is 5.91 Å². The maximum atomic E-state index is 12.0. The number of halogens is 1. The highest BCUT2D eigenvalue weighted by atomic mass is 35.5. The Balaban J connectivity index is 1.65. The summed E-state index contributed by atoms with van der Waals surface area (Å²) in [6, 6.07) is 5.60. The van der Waals surface area contributed by atoms with E-state index in [0.29, 0.717) is 18.0 Å². The summed E-state index contributed by atoms with van der Waals surface area (Å²) in [4.78, 5) is 15.1. The highest BCUT2D eigenvalue weighted by Gasteiger charge is 2.41. The van der Waals surface area contributed by atoms with Crippen LogP contribution in [0.3, 0.4) is 0 Å². The lowest BCUT2D eigenvalue weighted by Crippen LogP contribution is -2.32. The van der Waals surface area contributed by atoms with E-state index in [1.54, 1.807) is 0 Å². The first-order valence-electron chi connectivity index (χ1n) is 6.75. The van der Waals surface area contributed by atoms with E-state index in [9.17, 15) is 9.90 Å². The molecule has 5 heteroatoms. The molecule has 0 spiro atoms. The number of rotatable bonds is 5. The molecule has 106 valence electrons. The number of aromatic nitrogens is 1. The second kappa shape index (κ2) is 5.11. The average Bonchev–Trinajstić information content (AvgIpc) is 3.13. The molecule has 4 nitrogen and oxygen atoms in total. The lowest BCUT2D eigenvalue weighted by atomic mass is 10.1. The Morgan fingerprint density at radius 3 is 2.95 bits per heavy atom. The SMILES string of the molecule is O=C(Cc1c[nH]c2cc(Cl)ccc12)NCC1(CO)CC1. The van der Waals surface area contributed by atoms with Crippen LogP contribution in [0.25, 0.3) is 10.9 Å². The fourth-order valence-electron chi connectivity index (χ4n) is 2.39. The molecule has 0 saturated heterocycles. The van der Waals surface area contributed by atoms with Gasteiger partial charge in [0.1, 0.15) is 0 Å². The number of aliphatic hydroxyl groups excluding tert-OH is 1. The van der Waals surface area contributed by atoms with Crippen molar-refractivity contribution in [2.24, 2.45) is 5.41 Å². The van der Waals surface area contributed by atoms with E-state index in [-0.39, 0.29) is 17.9 Å². The third-order valence-electron chi connectivity index (χ3n) is 4.03. The smallest absolute Gasteiger partial charge is 0.224 e. The molecule has 1 aromatic heterocycles. The quantitative estimate of drug-likeness (QED) is 0.791. The van der Waals surface area contributed by atoms with Crippen molar-refractivity contribution < 1.29 is 9.90 Å². The molecule has 3 rings (SSSR count). The normalized spacial score (nSPS) is 16.3. The average molecular weight is 293 g/mol. The molecule has 20 heavy (non-hydrogen) atoms. The van der Waals surface area contributed by atoms with Gasteiger partial charge in [-0.25, -0.2) is 0 Å². The van der Waals surface area contributed by atoms with Crippen molar-refractivity contribution >= 4 is 28.4 Å². The third kappa shape index (κ3) is 2.67. The zero-order valence-corrected chi connectivity index (χ0v) is 11.8. The van der Waals surface area contributed by atoms with Crippen molar-refractivity contribution in [2.45, 2.75) is 19.3 Å². The number of amides is 1. The number of aromatic amines is 1. The third-order valence-corrected chi connectivity index (χ3v) is 4.27. The van der Waals surface area contributed by atoms with Gasteiger partial charge in [-0.15, -0.1) is 0 Å². The van der Waals surface area contributed by atoms with Gasteiger partial charge < -0.3 is 15.4 Å². The Kier molecular flexibility index (Phi) is 3.44. The van der Waals surface area contributed by atoms with Crippen LogP contribution in [0.4, 0.5) is 0 Å². The molecule has 1 fully saturated rings. The van der Waals surface area contributed by atoms with Gasteiger partial charge in [0, 0.05) is 34.1 Å². The van der Waals surface area contributed by atoms with E-state index in [1.807, 2.05) is 24.4 Å². The molecule has 2 aromatic rings. The Morgan fingerprint density at radius 2 is 2.25 bits per heavy atom. The van der Waals surface area contributed by atoms with E-state index in [2.05, 4.69) is 10.3 Å². The Labute approximate surface area is 122 Å². The molecule has 0 aliphatic heterocycles. The van der Waals surface area contributed by atoms with Crippen molar-refractivity contribution in [3.63, 3.8) is 0 Å². The predicted molar refractivity (Wildman–Crippen MR) is 78.8 cm³/mol. The number of hydrogen-bond acceptors (Lipinski definition) is 2. The maximum absolute atomic E-state index is 12.0. The zero-order valence-electron chi connectivity index (χ0n) is 11.1. The first-order valence-corrected chi connectivity index (χ1v) is 7.13. The van der Waals surface area contributed by atoms with Crippen LogP contribution in [0, 0.1) is 5.41 Å². The molecule has 1 aliphatic rings. The molecule has 1 aromatic carbocycles. The number of benzene rings is 1. The Morgan fingerprint density at radius 1 is 1.45 bits per heavy atom. The largest absolute Gasteiger partial charge is 0.396 e. The minimum Gasteiger partial charge on any atom is -0.396 e. The first-order chi connectivity index (χ1) is 9.62. The molecule has 0 bridgehead atoms. The summed E-state index contributed by atoms with van der Waals surface area (Å²) in [7, 11) is 0. The van der Waals surface area contributed by atoms with Crippen LogP contribution in [0.2, 0.25) is 5.02 Å². The van der Waals surface area contributed by atoms with Gasteiger partial charge in [0.25, 0.3) is 0 Å². The molecule has 1 saturated carbocycles. The van der Waals surface area contributed by atoms with Gasteiger partial charge in [0.05, 0.1) is 13.0 Å². The summed E-state index contributed by atoms with van der Waals surface area (Å²) in [5.41, 5.74) is 1.85. The van der Waals surface area contributed by atoms with E-state index >= 15 is 0 Å². The maximum Gasteiger partial charge on any atom is 0.224 e. The van der Waals surface area contributed by atoms with Crippen LogP contribution >= 0.6 is 11.6 Å². The number of hydrogen-bond donors (Lipinski definition) is 3. The van der Waals surface area contributed by atoms with Crippen molar-refractivity contribution in [2.75, 3.05) is 13.2 Å². The summed E-state index contributed by atoms with van der Waals surface area (Å²) >= 11 is 5.93. The molecule has 1 heterocycles. The van der Waals surface area contributed by atoms with Crippen molar-refractivity contribution in [3.05, 3.63) is 35.0 Å². The summed E-state index contributed by atoms with van der Waals surface area (Å²) in [6.45, 7) is 0.718. The van der Waals surface area contributed by atoms with Crippen LogP contribution in [-0.4, -0.2) is 29.1 Å². The first kappa shape index (κ1) is 13.5. The lowest BCUT2D eigenvalue weighted by molar-refractivity contribution is -0.120.